The van der Waals surface area contributed by atoms with Gasteiger partial charge in [-0.1, -0.05) is 40.2 Å². The lowest BCUT2D eigenvalue weighted by Gasteiger charge is -2.32. The lowest BCUT2D eigenvalue weighted by Crippen LogP contribution is -2.43. The number of carbonyl (C=O) groups excluding carboxylic acids is 1. The number of carbonyl (C=O) groups is 1. The van der Waals surface area contributed by atoms with Gasteiger partial charge in [-0.15, -0.1) is 0 Å². The maximum Gasteiger partial charge on any atom is 0.254 e. The molecular weight excluding hydrogens is 397 g/mol. The summed E-state index contributed by atoms with van der Waals surface area (Å²) in [7, 11) is 2.15. The number of halogens is 2. The summed E-state index contributed by atoms with van der Waals surface area (Å²) in [5.41, 5.74) is 2.29. The predicted molar refractivity (Wildman–Crippen MR) is 104 cm³/mol. The van der Waals surface area contributed by atoms with Gasteiger partial charge < -0.3 is 10.2 Å². The smallest absolute Gasteiger partial charge is 0.254 e. The molecule has 1 aliphatic heterocycles. The molecule has 1 N–H and O–H groups in total. The van der Waals surface area contributed by atoms with Crippen LogP contribution in [-0.2, 0) is 13.1 Å². The van der Waals surface area contributed by atoms with Crippen LogP contribution in [0, 0.1) is 5.82 Å². The van der Waals surface area contributed by atoms with Crippen molar-refractivity contribution in [2.24, 2.45) is 0 Å². The summed E-state index contributed by atoms with van der Waals surface area (Å²) >= 11 is 3.27. The van der Waals surface area contributed by atoms with Crippen molar-refractivity contribution < 1.29 is 9.18 Å². The lowest BCUT2D eigenvalue weighted by atomic mass is 10.1. The molecule has 1 heterocycles. The third kappa shape index (κ3) is 5.13. The van der Waals surface area contributed by atoms with Crippen molar-refractivity contribution in [3.05, 3.63) is 69.4 Å². The Balaban J connectivity index is 1.58. The highest BCUT2D eigenvalue weighted by atomic mass is 79.9. The first-order chi connectivity index (χ1) is 12.5. The van der Waals surface area contributed by atoms with Gasteiger partial charge in [0.2, 0.25) is 0 Å². The van der Waals surface area contributed by atoms with Gasteiger partial charge in [-0.3, -0.25) is 9.69 Å². The van der Waals surface area contributed by atoms with Crippen LogP contribution in [0.15, 0.2) is 46.9 Å². The fraction of sp³-hybridized carbons (Fsp3) is 0.350. The van der Waals surface area contributed by atoms with Crippen molar-refractivity contribution in [2.45, 2.75) is 13.1 Å². The molecule has 1 amide bonds. The fourth-order valence-electron chi connectivity index (χ4n) is 3.05. The lowest BCUT2D eigenvalue weighted by molar-refractivity contribution is 0.0946. The largest absolute Gasteiger partial charge is 0.348 e. The van der Waals surface area contributed by atoms with Crippen molar-refractivity contribution in [2.75, 3.05) is 33.2 Å². The first kappa shape index (κ1) is 19.0. The molecule has 1 saturated heterocycles. The van der Waals surface area contributed by atoms with Crippen molar-refractivity contribution >= 4 is 21.8 Å². The van der Waals surface area contributed by atoms with Crippen LogP contribution in [-0.4, -0.2) is 48.9 Å². The molecule has 2 aromatic carbocycles. The SMILES string of the molecule is CN1CCN(Cc2cccc(CNC(=O)c3cc(Br)ccc3F)c2)CC1. The van der Waals surface area contributed by atoms with Crippen LogP contribution in [0.4, 0.5) is 4.39 Å². The zero-order valence-corrected chi connectivity index (χ0v) is 16.4. The number of piperazine rings is 1. The van der Waals surface area contributed by atoms with Crippen LogP contribution in [0.5, 0.6) is 0 Å². The molecule has 0 bridgehead atoms. The van der Waals surface area contributed by atoms with Gasteiger partial charge >= 0.3 is 0 Å². The van der Waals surface area contributed by atoms with E-state index < -0.39 is 11.7 Å². The highest BCUT2D eigenvalue weighted by molar-refractivity contribution is 9.10. The summed E-state index contributed by atoms with van der Waals surface area (Å²) in [4.78, 5) is 17.0. The monoisotopic (exact) mass is 419 g/mol. The molecule has 2 aromatic rings. The van der Waals surface area contributed by atoms with Crippen molar-refractivity contribution in [3.63, 3.8) is 0 Å². The van der Waals surface area contributed by atoms with E-state index in [-0.39, 0.29) is 5.56 Å². The molecule has 26 heavy (non-hydrogen) atoms. The fourth-order valence-corrected chi connectivity index (χ4v) is 3.41. The molecule has 0 atom stereocenters. The Bertz CT molecular complexity index is 775. The second kappa shape index (κ2) is 8.75. The summed E-state index contributed by atoms with van der Waals surface area (Å²) in [5.74, 6) is -0.928. The van der Waals surface area contributed by atoms with E-state index >= 15 is 0 Å². The molecular formula is C20H23BrFN3O. The molecule has 0 spiro atoms. The number of nitrogens with one attached hydrogen (secondary N) is 1. The molecule has 1 fully saturated rings. The first-order valence-electron chi connectivity index (χ1n) is 8.73. The molecule has 0 saturated carbocycles. The number of benzene rings is 2. The summed E-state index contributed by atoms with van der Waals surface area (Å²) in [6, 6.07) is 12.6. The maximum atomic E-state index is 13.8. The number of hydrogen-bond acceptors (Lipinski definition) is 3. The normalized spacial score (nSPS) is 15.8. The van der Waals surface area contributed by atoms with Crippen LogP contribution in [0.1, 0.15) is 21.5 Å². The van der Waals surface area contributed by atoms with Crippen molar-refractivity contribution in [1.29, 1.82) is 0 Å². The van der Waals surface area contributed by atoms with Crippen LogP contribution in [0.3, 0.4) is 0 Å². The molecule has 3 rings (SSSR count). The standard InChI is InChI=1S/C20H23BrFN3O/c1-24-7-9-25(10-8-24)14-16-4-2-3-15(11-16)13-23-20(26)18-12-17(21)5-6-19(18)22/h2-6,11-12H,7-10,13-14H2,1H3,(H,23,26). The Morgan fingerprint density at radius 2 is 1.85 bits per heavy atom. The molecule has 138 valence electrons. The summed E-state index contributed by atoms with van der Waals surface area (Å²) in [6.45, 7) is 5.61. The van der Waals surface area contributed by atoms with Crippen LogP contribution >= 0.6 is 15.9 Å². The van der Waals surface area contributed by atoms with E-state index in [2.05, 4.69) is 50.2 Å². The van der Waals surface area contributed by atoms with Gasteiger partial charge in [0.15, 0.2) is 0 Å². The van der Waals surface area contributed by atoms with E-state index in [9.17, 15) is 9.18 Å². The molecule has 0 radical (unpaired) electrons. The second-order valence-electron chi connectivity index (χ2n) is 6.71. The molecule has 0 aliphatic carbocycles. The van der Waals surface area contributed by atoms with E-state index in [0.717, 1.165) is 38.3 Å². The Hall–Kier alpha value is -1.76. The zero-order valence-electron chi connectivity index (χ0n) is 14.8. The number of likely N-dealkylation sites (N-methyl/N-ethyl adjacent to an activating group) is 1. The Morgan fingerprint density at radius 1 is 1.12 bits per heavy atom. The summed E-state index contributed by atoms with van der Waals surface area (Å²) in [6.07, 6.45) is 0. The third-order valence-electron chi connectivity index (χ3n) is 4.62. The average Bonchev–Trinajstić information content (AvgIpc) is 2.64. The van der Waals surface area contributed by atoms with Crippen LogP contribution in [0.2, 0.25) is 0 Å². The predicted octanol–water partition coefficient (Wildman–Crippen LogP) is 3.27. The number of amides is 1. The van der Waals surface area contributed by atoms with E-state index in [1.54, 1.807) is 6.07 Å². The van der Waals surface area contributed by atoms with E-state index in [0.29, 0.717) is 11.0 Å². The molecule has 0 unspecified atom stereocenters. The molecule has 0 aromatic heterocycles. The van der Waals surface area contributed by atoms with E-state index in [4.69, 9.17) is 0 Å². The molecule has 1 aliphatic rings. The maximum absolute atomic E-state index is 13.8. The van der Waals surface area contributed by atoms with E-state index in [1.807, 2.05) is 12.1 Å². The number of rotatable bonds is 5. The molecule has 4 nitrogen and oxygen atoms in total. The molecule has 6 heteroatoms. The van der Waals surface area contributed by atoms with Crippen LogP contribution in [0.25, 0.3) is 0 Å². The van der Waals surface area contributed by atoms with Gasteiger partial charge in [-0.2, -0.15) is 0 Å². The Morgan fingerprint density at radius 3 is 2.62 bits per heavy atom. The Labute approximate surface area is 162 Å². The third-order valence-corrected chi connectivity index (χ3v) is 5.11. The first-order valence-corrected chi connectivity index (χ1v) is 9.52. The Kier molecular flexibility index (Phi) is 6.40. The highest BCUT2D eigenvalue weighted by Crippen LogP contribution is 2.16. The minimum atomic E-state index is -0.519. The zero-order chi connectivity index (χ0) is 18.5. The minimum Gasteiger partial charge on any atom is -0.348 e. The van der Waals surface area contributed by atoms with Gasteiger partial charge in [0.05, 0.1) is 5.56 Å². The minimum absolute atomic E-state index is 0.0490. The highest BCUT2D eigenvalue weighted by Gasteiger charge is 2.14. The van der Waals surface area contributed by atoms with Crippen molar-refractivity contribution in [1.82, 2.24) is 15.1 Å². The van der Waals surface area contributed by atoms with Gasteiger partial charge in [0.1, 0.15) is 5.82 Å². The average molecular weight is 420 g/mol. The van der Waals surface area contributed by atoms with Gasteiger partial charge in [-0.25, -0.2) is 4.39 Å². The van der Waals surface area contributed by atoms with Gasteiger partial charge in [0.25, 0.3) is 5.91 Å². The topological polar surface area (TPSA) is 35.6 Å². The second-order valence-corrected chi connectivity index (χ2v) is 7.62. The van der Waals surface area contributed by atoms with E-state index in [1.165, 1.54) is 17.7 Å². The number of nitrogens with zero attached hydrogens (tertiary/aromatic N) is 2. The number of hydrogen-bond donors (Lipinski definition) is 1. The van der Waals surface area contributed by atoms with Gasteiger partial charge in [-0.05, 0) is 36.4 Å². The van der Waals surface area contributed by atoms with Crippen LogP contribution < -0.4 is 5.32 Å². The quantitative estimate of drug-likeness (QED) is 0.807. The van der Waals surface area contributed by atoms with Crippen molar-refractivity contribution in [3.8, 4) is 0 Å². The van der Waals surface area contributed by atoms with Gasteiger partial charge in [0, 0.05) is 43.7 Å². The summed E-state index contributed by atoms with van der Waals surface area (Å²) in [5, 5.41) is 2.80. The summed E-state index contributed by atoms with van der Waals surface area (Å²) < 4.78 is 14.5.